The van der Waals surface area contributed by atoms with Crippen LogP contribution in [0.4, 0.5) is 28.8 Å². The summed E-state index contributed by atoms with van der Waals surface area (Å²) in [7, 11) is 1.84. The van der Waals surface area contributed by atoms with Gasteiger partial charge in [0.05, 0.1) is 11.9 Å². The molecular formula is C23H21N7O. The van der Waals surface area contributed by atoms with Crippen LogP contribution in [-0.2, 0) is 11.8 Å². The van der Waals surface area contributed by atoms with Crippen molar-refractivity contribution in [3.05, 3.63) is 85.8 Å². The lowest BCUT2D eigenvalue weighted by Crippen LogP contribution is -2.08. The van der Waals surface area contributed by atoms with Crippen LogP contribution in [0.5, 0.6) is 0 Å². The molecular weight excluding hydrogens is 390 g/mol. The van der Waals surface area contributed by atoms with Crippen LogP contribution in [-0.4, -0.2) is 25.7 Å². The molecule has 0 aliphatic carbocycles. The first-order chi connectivity index (χ1) is 15.1. The zero-order valence-corrected chi connectivity index (χ0v) is 16.9. The molecule has 8 heteroatoms. The van der Waals surface area contributed by atoms with Crippen LogP contribution in [0.15, 0.2) is 85.8 Å². The summed E-state index contributed by atoms with van der Waals surface area (Å²) in [6.07, 6.45) is 6.43. The lowest BCUT2D eigenvalue weighted by atomic mass is 10.0. The maximum absolute atomic E-state index is 11.7. The Balaban J connectivity index is 1.65. The maximum Gasteiger partial charge on any atom is 0.247 e. The van der Waals surface area contributed by atoms with E-state index in [0.717, 1.165) is 22.5 Å². The van der Waals surface area contributed by atoms with E-state index in [1.165, 1.54) is 6.08 Å². The van der Waals surface area contributed by atoms with Crippen LogP contribution in [0.25, 0.3) is 11.1 Å². The molecule has 4 aromatic rings. The molecule has 2 aromatic heterocycles. The average molecular weight is 411 g/mol. The molecule has 0 unspecified atom stereocenters. The molecule has 0 saturated carbocycles. The standard InChI is InChI=1S/C23H21N7O/c1-3-22(31)26-17-9-10-19(16-7-5-4-6-8-16)20(13-17)28-21-11-12-24-23(29-21)27-18-14-25-30(2)15-18/h3-15H,1H2,2H3,(H,26,31)(H2,24,27,28,29). The summed E-state index contributed by atoms with van der Waals surface area (Å²) in [5.74, 6) is 0.768. The molecule has 0 spiro atoms. The van der Waals surface area contributed by atoms with E-state index in [2.05, 4.69) is 37.6 Å². The van der Waals surface area contributed by atoms with Crippen molar-refractivity contribution in [2.75, 3.05) is 16.0 Å². The highest BCUT2D eigenvalue weighted by molar-refractivity contribution is 5.99. The molecule has 154 valence electrons. The summed E-state index contributed by atoms with van der Waals surface area (Å²) in [5.41, 5.74) is 4.24. The molecule has 3 N–H and O–H groups in total. The van der Waals surface area contributed by atoms with Gasteiger partial charge in [-0.15, -0.1) is 0 Å². The number of benzene rings is 2. The van der Waals surface area contributed by atoms with Crippen molar-refractivity contribution < 1.29 is 4.79 Å². The minimum absolute atomic E-state index is 0.275. The first kappa shape index (κ1) is 19.8. The Hall–Kier alpha value is -4.46. The second-order valence-corrected chi connectivity index (χ2v) is 6.74. The molecule has 31 heavy (non-hydrogen) atoms. The molecule has 0 aliphatic heterocycles. The zero-order valence-electron chi connectivity index (χ0n) is 16.9. The van der Waals surface area contributed by atoms with Crippen molar-refractivity contribution in [3.63, 3.8) is 0 Å². The normalized spacial score (nSPS) is 10.4. The Morgan fingerprint density at radius 3 is 2.65 bits per heavy atom. The number of amides is 1. The Bertz CT molecular complexity index is 1220. The number of aromatic nitrogens is 4. The minimum Gasteiger partial charge on any atom is -0.340 e. The number of rotatable bonds is 7. The van der Waals surface area contributed by atoms with E-state index in [0.29, 0.717) is 17.5 Å². The van der Waals surface area contributed by atoms with E-state index in [-0.39, 0.29) is 5.91 Å². The SMILES string of the molecule is C=CC(=O)Nc1ccc(-c2ccccc2)c(Nc2ccnc(Nc3cnn(C)c3)n2)c1. The summed E-state index contributed by atoms with van der Waals surface area (Å²) < 4.78 is 1.69. The highest BCUT2D eigenvalue weighted by Gasteiger charge is 2.10. The van der Waals surface area contributed by atoms with E-state index in [4.69, 9.17) is 0 Å². The number of nitrogens with zero attached hydrogens (tertiary/aromatic N) is 4. The van der Waals surface area contributed by atoms with Crippen molar-refractivity contribution in [2.24, 2.45) is 7.05 Å². The van der Waals surface area contributed by atoms with Crippen molar-refractivity contribution in [2.45, 2.75) is 0 Å². The fourth-order valence-electron chi connectivity index (χ4n) is 3.03. The number of hydrogen-bond donors (Lipinski definition) is 3. The Morgan fingerprint density at radius 1 is 1.06 bits per heavy atom. The largest absolute Gasteiger partial charge is 0.340 e. The molecule has 8 nitrogen and oxygen atoms in total. The molecule has 4 rings (SSSR count). The van der Waals surface area contributed by atoms with Gasteiger partial charge in [-0.3, -0.25) is 9.48 Å². The van der Waals surface area contributed by atoms with Crippen molar-refractivity contribution in [1.82, 2.24) is 19.7 Å². The molecule has 0 saturated heterocycles. The van der Waals surface area contributed by atoms with Crippen LogP contribution in [0.2, 0.25) is 0 Å². The fraction of sp³-hybridized carbons (Fsp3) is 0.0435. The van der Waals surface area contributed by atoms with Gasteiger partial charge in [-0.25, -0.2) is 4.98 Å². The summed E-state index contributed by atoms with van der Waals surface area (Å²) in [6, 6.07) is 17.4. The number of nitrogens with one attached hydrogen (secondary N) is 3. The van der Waals surface area contributed by atoms with Gasteiger partial charge in [-0.1, -0.05) is 43.0 Å². The molecule has 0 bridgehead atoms. The molecule has 0 atom stereocenters. The van der Waals surface area contributed by atoms with Crippen molar-refractivity contribution in [3.8, 4) is 11.1 Å². The first-order valence-electron chi connectivity index (χ1n) is 9.59. The van der Waals surface area contributed by atoms with Crippen molar-refractivity contribution in [1.29, 1.82) is 0 Å². The van der Waals surface area contributed by atoms with Crippen LogP contribution < -0.4 is 16.0 Å². The summed E-state index contributed by atoms with van der Waals surface area (Å²) >= 11 is 0. The van der Waals surface area contributed by atoms with Gasteiger partial charge < -0.3 is 16.0 Å². The molecule has 0 fully saturated rings. The smallest absolute Gasteiger partial charge is 0.247 e. The molecule has 2 aromatic carbocycles. The van der Waals surface area contributed by atoms with E-state index in [1.54, 1.807) is 23.1 Å². The van der Waals surface area contributed by atoms with E-state index >= 15 is 0 Å². The fourth-order valence-corrected chi connectivity index (χ4v) is 3.03. The molecule has 0 aliphatic rings. The van der Waals surface area contributed by atoms with Gasteiger partial charge in [0.2, 0.25) is 11.9 Å². The second kappa shape index (κ2) is 8.91. The summed E-state index contributed by atoms with van der Waals surface area (Å²) in [4.78, 5) is 20.5. The van der Waals surface area contributed by atoms with Gasteiger partial charge in [0, 0.05) is 36.4 Å². The van der Waals surface area contributed by atoms with Gasteiger partial charge >= 0.3 is 0 Å². The highest BCUT2D eigenvalue weighted by atomic mass is 16.1. The topological polar surface area (TPSA) is 96.8 Å². The number of carbonyl (C=O) groups excluding carboxylic acids is 1. The number of hydrogen-bond acceptors (Lipinski definition) is 6. The number of anilines is 5. The van der Waals surface area contributed by atoms with Gasteiger partial charge in [0.1, 0.15) is 5.82 Å². The quantitative estimate of drug-likeness (QED) is 0.388. The van der Waals surface area contributed by atoms with Crippen LogP contribution in [0, 0.1) is 0 Å². The summed E-state index contributed by atoms with van der Waals surface area (Å²) in [5, 5.41) is 13.4. The third-order valence-corrected chi connectivity index (χ3v) is 4.44. The summed E-state index contributed by atoms with van der Waals surface area (Å²) in [6.45, 7) is 3.50. The van der Waals surface area contributed by atoms with E-state index < -0.39 is 0 Å². The number of carbonyl (C=O) groups is 1. The maximum atomic E-state index is 11.7. The average Bonchev–Trinajstić information content (AvgIpc) is 3.19. The number of aryl methyl sites for hydroxylation is 1. The van der Waals surface area contributed by atoms with Crippen LogP contribution in [0.3, 0.4) is 0 Å². The van der Waals surface area contributed by atoms with Gasteiger partial charge in [0.25, 0.3) is 0 Å². The van der Waals surface area contributed by atoms with E-state index in [1.807, 2.05) is 61.8 Å². The third kappa shape index (κ3) is 4.94. The van der Waals surface area contributed by atoms with Crippen molar-refractivity contribution >= 4 is 34.7 Å². The first-order valence-corrected chi connectivity index (χ1v) is 9.59. The van der Waals surface area contributed by atoms with Crippen LogP contribution in [0.1, 0.15) is 0 Å². The zero-order chi connectivity index (χ0) is 21.6. The van der Waals surface area contributed by atoms with Gasteiger partial charge in [0.15, 0.2) is 0 Å². The Labute approximate surface area is 179 Å². The highest BCUT2D eigenvalue weighted by Crippen LogP contribution is 2.32. The van der Waals surface area contributed by atoms with E-state index in [9.17, 15) is 4.79 Å². The minimum atomic E-state index is -0.275. The van der Waals surface area contributed by atoms with Gasteiger partial charge in [-0.05, 0) is 29.8 Å². The predicted molar refractivity (Wildman–Crippen MR) is 123 cm³/mol. The second-order valence-electron chi connectivity index (χ2n) is 6.74. The molecule has 1 amide bonds. The Kier molecular flexibility index (Phi) is 5.70. The monoisotopic (exact) mass is 411 g/mol. The third-order valence-electron chi connectivity index (χ3n) is 4.44. The van der Waals surface area contributed by atoms with Crippen LogP contribution >= 0.6 is 0 Å². The Morgan fingerprint density at radius 2 is 1.90 bits per heavy atom. The lowest BCUT2D eigenvalue weighted by molar-refractivity contribution is -0.111. The lowest BCUT2D eigenvalue weighted by Gasteiger charge is -2.14. The molecule has 0 radical (unpaired) electrons. The van der Waals surface area contributed by atoms with Gasteiger partial charge in [-0.2, -0.15) is 10.1 Å². The predicted octanol–water partition coefficient (Wildman–Crippen LogP) is 4.49. The molecule has 2 heterocycles.